The van der Waals surface area contributed by atoms with Gasteiger partial charge in [0.25, 0.3) is 0 Å². The molecule has 0 radical (unpaired) electrons. The Morgan fingerprint density at radius 3 is 3.05 bits per heavy atom. The molecule has 2 atom stereocenters. The first-order valence-corrected chi connectivity index (χ1v) is 7.20. The lowest BCUT2D eigenvalue weighted by Gasteiger charge is -2.42. The van der Waals surface area contributed by atoms with E-state index in [-0.39, 0.29) is 0 Å². The zero-order valence-corrected chi connectivity index (χ0v) is 11.0. The van der Waals surface area contributed by atoms with Crippen LogP contribution in [-0.4, -0.2) is 27.5 Å². The fraction of sp³-hybridized carbons (Fsp3) is 0.438. The molecule has 1 fully saturated rings. The molecular formula is C16H19N3. The number of hydrogen-bond donors (Lipinski definition) is 1. The van der Waals surface area contributed by atoms with E-state index in [0.29, 0.717) is 12.0 Å². The molecule has 1 aliphatic heterocycles. The number of likely N-dealkylation sites (tertiary alicyclic amines) is 1. The highest BCUT2D eigenvalue weighted by molar-refractivity contribution is 5.24. The number of nitrogens with one attached hydrogen (secondary N) is 1. The number of nitrogens with zero attached hydrogens (tertiary/aromatic N) is 2. The third kappa shape index (κ3) is 1.98. The lowest BCUT2D eigenvalue weighted by Crippen LogP contribution is -2.45. The molecule has 2 aromatic rings. The molecule has 0 spiro atoms. The molecule has 2 aliphatic rings. The number of piperidine rings is 1. The van der Waals surface area contributed by atoms with Gasteiger partial charge in [-0.05, 0) is 24.9 Å². The second-order valence-corrected chi connectivity index (χ2v) is 5.80. The standard InChI is InChI=1S/C16H19N3/c1-2-4-12(5-3-1)10-19-7-6-13-8-14(19)9-15-16(13)18-11-17-15/h1-5,11,13-14H,6-10H2,(H,17,18). The lowest BCUT2D eigenvalue weighted by molar-refractivity contribution is 0.115. The zero-order valence-electron chi connectivity index (χ0n) is 11.0. The Balaban J connectivity index is 1.55. The van der Waals surface area contributed by atoms with Gasteiger partial charge in [0.2, 0.25) is 0 Å². The topological polar surface area (TPSA) is 31.9 Å². The quantitative estimate of drug-likeness (QED) is 0.892. The summed E-state index contributed by atoms with van der Waals surface area (Å²) in [6.07, 6.45) is 5.54. The summed E-state index contributed by atoms with van der Waals surface area (Å²) < 4.78 is 0. The Labute approximate surface area is 113 Å². The molecule has 2 bridgehead atoms. The van der Waals surface area contributed by atoms with Gasteiger partial charge in [0, 0.05) is 30.6 Å². The minimum absolute atomic E-state index is 0.687. The van der Waals surface area contributed by atoms with Gasteiger partial charge in [-0.15, -0.1) is 0 Å². The van der Waals surface area contributed by atoms with Gasteiger partial charge in [0.1, 0.15) is 0 Å². The number of hydrogen-bond acceptors (Lipinski definition) is 2. The monoisotopic (exact) mass is 253 g/mol. The Hall–Kier alpha value is -1.61. The molecule has 19 heavy (non-hydrogen) atoms. The predicted octanol–water partition coefficient (Wildman–Crippen LogP) is 2.71. The fourth-order valence-corrected chi connectivity index (χ4v) is 3.67. The van der Waals surface area contributed by atoms with Gasteiger partial charge in [-0.2, -0.15) is 0 Å². The number of benzene rings is 1. The third-order valence-electron chi connectivity index (χ3n) is 4.64. The van der Waals surface area contributed by atoms with Crippen molar-refractivity contribution in [3.63, 3.8) is 0 Å². The van der Waals surface area contributed by atoms with E-state index in [9.17, 15) is 0 Å². The summed E-state index contributed by atoms with van der Waals surface area (Å²) in [6.45, 7) is 2.29. The van der Waals surface area contributed by atoms with Crippen LogP contribution < -0.4 is 0 Å². The van der Waals surface area contributed by atoms with E-state index in [0.717, 1.165) is 13.0 Å². The van der Waals surface area contributed by atoms with E-state index in [1.165, 1.54) is 36.3 Å². The molecule has 0 saturated carbocycles. The summed E-state index contributed by atoms with van der Waals surface area (Å²) in [4.78, 5) is 10.5. The molecule has 1 saturated heterocycles. The van der Waals surface area contributed by atoms with Gasteiger partial charge in [0.05, 0.1) is 12.0 Å². The molecular weight excluding hydrogens is 234 g/mol. The minimum Gasteiger partial charge on any atom is -0.348 e. The van der Waals surface area contributed by atoms with E-state index in [4.69, 9.17) is 0 Å². The molecule has 3 nitrogen and oxygen atoms in total. The number of rotatable bonds is 2. The van der Waals surface area contributed by atoms with Crippen molar-refractivity contribution in [2.24, 2.45) is 0 Å². The first-order valence-electron chi connectivity index (χ1n) is 7.20. The molecule has 2 heterocycles. The Morgan fingerprint density at radius 2 is 2.16 bits per heavy atom. The van der Waals surface area contributed by atoms with E-state index in [2.05, 4.69) is 45.2 Å². The van der Waals surface area contributed by atoms with Crippen molar-refractivity contribution in [2.45, 2.75) is 37.8 Å². The molecule has 1 aromatic carbocycles. The van der Waals surface area contributed by atoms with Gasteiger partial charge >= 0.3 is 0 Å². The van der Waals surface area contributed by atoms with Crippen molar-refractivity contribution in [1.82, 2.24) is 14.9 Å². The van der Waals surface area contributed by atoms with Crippen LogP contribution in [0.3, 0.4) is 0 Å². The Kier molecular flexibility index (Phi) is 2.66. The summed E-state index contributed by atoms with van der Waals surface area (Å²) >= 11 is 0. The number of imidazole rings is 1. The molecule has 0 amide bonds. The molecule has 1 aliphatic carbocycles. The number of H-pyrrole nitrogens is 1. The van der Waals surface area contributed by atoms with Crippen molar-refractivity contribution in [2.75, 3.05) is 6.54 Å². The molecule has 3 heteroatoms. The largest absolute Gasteiger partial charge is 0.348 e. The second-order valence-electron chi connectivity index (χ2n) is 5.80. The summed E-state index contributed by atoms with van der Waals surface area (Å²) in [5.74, 6) is 0.687. The van der Waals surface area contributed by atoms with Crippen LogP contribution in [0.4, 0.5) is 0 Å². The van der Waals surface area contributed by atoms with Crippen molar-refractivity contribution < 1.29 is 0 Å². The molecule has 1 aromatic heterocycles. The number of fused-ring (bicyclic) bond motifs is 4. The summed E-state index contributed by atoms with van der Waals surface area (Å²) in [6, 6.07) is 11.5. The van der Waals surface area contributed by atoms with Crippen molar-refractivity contribution in [1.29, 1.82) is 0 Å². The number of aromatic nitrogens is 2. The van der Waals surface area contributed by atoms with Crippen molar-refractivity contribution >= 4 is 0 Å². The second kappa shape index (κ2) is 4.49. The van der Waals surface area contributed by atoms with Gasteiger partial charge in [-0.25, -0.2) is 4.98 Å². The average molecular weight is 253 g/mol. The zero-order chi connectivity index (χ0) is 12.7. The molecule has 4 rings (SSSR count). The van der Waals surface area contributed by atoms with Crippen LogP contribution in [0.5, 0.6) is 0 Å². The van der Waals surface area contributed by atoms with Crippen LogP contribution >= 0.6 is 0 Å². The van der Waals surface area contributed by atoms with Crippen LogP contribution in [0.1, 0.15) is 35.7 Å². The highest BCUT2D eigenvalue weighted by Crippen LogP contribution is 2.38. The highest BCUT2D eigenvalue weighted by atomic mass is 15.2. The van der Waals surface area contributed by atoms with Crippen LogP contribution in [0.2, 0.25) is 0 Å². The van der Waals surface area contributed by atoms with Gasteiger partial charge in [-0.3, -0.25) is 4.90 Å². The van der Waals surface area contributed by atoms with E-state index in [1.54, 1.807) is 0 Å². The van der Waals surface area contributed by atoms with Crippen LogP contribution in [0.15, 0.2) is 36.7 Å². The van der Waals surface area contributed by atoms with Crippen molar-refractivity contribution in [3.8, 4) is 0 Å². The van der Waals surface area contributed by atoms with E-state index < -0.39 is 0 Å². The first kappa shape index (κ1) is 11.2. The average Bonchev–Trinajstić information content (AvgIpc) is 2.92. The van der Waals surface area contributed by atoms with Crippen LogP contribution in [0, 0.1) is 0 Å². The fourth-order valence-electron chi connectivity index (χ4n) is 3.67. The van der Waals surface area contributed by atoms with Crippen molar-refractivity contribution in [3.05, 3.63) is 53.6 Å². The Morgan fingerprint density at radius 1 is 1.26 bits per heavy atom. The first-order chi connectivity index (χ1) is 9.40. The van der Waals surface area contributed by atoms with Gasteiger partial charge in [-0.1, -0.05) is 30.3 Å². The summed E-state index contributed by atoms with van der Waals surface area (Å²) in [5, 5.41) is 0. The van der Waals surface area contributed by atoms with Crippen LogP contribution in [-0.2, 0) is 13.0 Å². The maximum atomic E-state index is 4.51. The van der Waals surface area contributed by atoms with Gasteiger partial charge < -0.3 is 4.98 Å². The highest BCUT2D eigenvalue weighted by Gasteiger charge is 2.36. The van der Waals surface area contributed by atoms with E-state index in [1.807, 2.05) is 6.33 Å². The van der Waals surface area contributed by atoms with Gasteiger partial charge in [0.15, 0.2) is 0 Å². The maximum Gasteiger partial charge on any atom is 0.0925 e. The summed E-state index contributed by atoms with van der Waals surface area (Å²) in [5.41, 5.74) is 4.14. The van der Waals surface area contributed by atoms with Crippen LogP contribution in [0.25, 0.3) is 0 Å². The maximum absolute atomic E-state index is 4.51. The number of aromatic amines is 1. The molecule has 1 N–H and O–H groups in total. The minimum atomic E-state index is 0.687. The van der Waals surface area contributed by atoms with E-state index >= 15 is 0 Å². The smallest absolute Gasteiger partial charge is 0.0925 e. The third-order valence-corrected chi connectivity index (χ3v) is 4.64. The Bertz CT molecular complexity index is 560. The SMILES string of the molecule is c1ccc(CN2CCC3CC2Cc2[nH]cnc23)cc1. The molecule has 98 valence electrons. The normalized spacial score (nSPS) is 26.1. The predicted molar refractivity (Wildman–Crippen MR) is 74.9 cm³/mol. The lowest BCUT2D eigenvalue weighted by atomic mass is 9.80. The summed E-state index contributed by atoms with van der Waals surface area (Å²) in [7, 11) is 0. The molecule has 2 unspecified atom stereocenters.